The van der Waals surface area contributed by atoms with Crippen LogP contribution in [0.25, 0.3) is 0 Å². The van der Waals surface area contributed by atoms with Crippen LogP contribution in [0.3, 0.4) is 0 Å². The molecule has 0 unspecified atom stereocenters. The molecule has 2 rings (SSSR count). The first kappa shape index (κ1) is 21.8. The Morgan fingerprint density at radius 1 is 1.38 bits per heavy atom. The van der Waals surface area contributed by atoms with Gasteiger partial charge in [-0.2, -0.15) is 26.7 Å². The lowest BCUT2D eigenvalue weighted by atomic mass is 10.2. The van der Waals surface area contributed by atoms with Crippen molar-refractivity contribution in [1.82, 2.24) is 20.2 Å². The van der Waals surface area contributed by atoms with E-state index in [9.17, 15) is 17.6 Å². The van der Waals surface area contributed by atoms with Crippen LogP contribution in [-0.4, -0.2) is 60.7 Å². The van der Waals surface area contributed by atoms with Crippen molar-refractivity contribution in [2.75, 3.05) is 20.0 Å². The van der Waals surface area contributed by atoms with Crippen LogP contribution in [-0.2, 0) is 25.6 Å². The summed E-state index contributed by atoms with van der Waals surface area (Å²) < 4.78 is 51.2. The number of tetrazole rings is 1. The topological polar surface area (TPSA) is 122 Å². The van der Waals surface area contributed by atoms with Crippen molar-refractivity contribution >= 4 is 29.6 Å². The molecule has 26 heavy (non-hydrogen) atoms. The summed E-state index contributed by atoms with van der Waals surface area (Å²) in [6, 6.07) is 3.53. The smallest absolute Gasteiger partial charge is 0.340 e. The number of carbonyl (C=O) groups is 1. The number of nitrogens with zero attached hydrogens (tertiary/aromatic N) is 4. The summed E-state index contributed by atoms with van der Waals surface area (Å²) in [5.74, 6) is -1.57. The van der Waals surface area contributed by atoms with Gasteiger partial charge in [0.25, 0.3) is 10.1 Å². The van der Waals surface area contributed by atoms with Crippen LogP contribution in [0.1, 0.15) is 10.4 Å². The molecule has 13 heteroatoms. The molecule has 10 nitrogen and oxygen atoms in total. The van der Waals surface area contributed by atoms with Gasteiger partial charge >= 0.3 is 5.97 Å². The van der Waals surface area contributed by atoms with Gasteiger partial charge in [-0.15, -0.1) is 10.2 Å². The van der Waals surface area contributed by atoms with Crippen LogP contribution in [0.4, 0.5) is 4.39 Å². The zero-order valence-electron chi connectivity index (χ0n) is 13.8. The Bertz CT molecular complexity index is 831. The standard InChI is InChI=1S/C13H15FN4O6S.H2S/c1-22-13(19)11-4-3-9(5-12(11)14)23-7-10(24-25(2,20)21)6-18-16-8-15-17-18;/h3-5,8,10H,6-7H2,1-2H3;1H2/t10-;/m0./s1. The molecule has 144 valence electrons. The molecule has 1 aromatic heterocycles. The van der Waals surface area contributed by atoms with Crippen LogP contribution in [0.5, 0.6) is 5.75 Å². The fourth-order valence-electron chi connectivity index (χ4n) is 1.86. The number of aromatic nitrogens is 4. The Kier molecular flexibility index (Phi) is 7.92. The molecule has 2 aromatic rings. The van der Waals surface area contributed by atoms with E-state index in [1.54, 1.807) is 0 Å². The van der Waals surface area contributed by atoms with E-state index >= 15 is 0 Å². The second-order valence-electron chi connectivity index (χ2n) is 4.86. The summed E-state index contributed by atoms with van der Waals surface area (Å²) in [7, 11) is -2.63. The van der Waals surface area contributed by atoms with Gasteiger partial charge in [-0.25, -0.2) is 9.18 Å². The van der Waals surface area contributed by atoms with Crippen molar-refractivity contribution in [2.45, 2.75) is 12.6 Å². The number of rotatable bonds is 8. The van der Waals surface area contributed by atoms with Crippen molar-refractivity contribution < 1.29 is 31.3 Å². The fourth-order valence-corrected chi connectivity index (χ4v) is 2.47. The maximum absolute atomic E-state index is 13.8. The molecule has 0 fully saturated rings. The molecular weight excluding hydrogens is 391 g/mol. The lowest BCUT2D eigenvalue weighted by molar-refractivity contribution is 0.0595. The van der Waals surface area contributed by atoms with Crippen LogP contribution in [0, 0.1) is 5.82 Å². The number of halogens is 1. The van der Waals surface area contributed by atoms with Crippen LogP contribution in [0.2, 0.25) is 0 Å². The van der Waals surface area contributed by atoms with E-state index in [1.807, 2.05) is 0 Å². The molecule has 1 heterocycles. The fraction of sp³-hybridized carbons (Fsp3) is 0.385. The van der Waals surface area contributed by atoms with Crippen LogP contribution < -0.4 is 4.74 Å². The lowest BCUT2D eigenvalue weighted by Crippen LogP contribution is -2.30. The minimum atomic E-state index is -3.76. The van der Waals surface area contributed by atoms with Gasteiger partial charge in [0.1, 0.15) is 24.3 Å². The Hall–Kier alpha value is -2.25. The molecular formula is C13H17FN4O6S2. The van der Waals surface area contributed by atoms with E-state index in [0.29, 0.717) is 0 Å². The quantitative estimate of drug-likeness (QED) is 0.443. The number of benzene rings is 1. The molecule has 0 saturated carbocycles. The van der Waals surface area contributed by atoms with Gasteiger partial charge in [0.2, 0.25) is 0 Å². The maximum Gasteiger partial charge on any atom is 0.340 e. The average Bonchev–Trinajstić information content (AvgIpc) is 3.03. The minimum Gasteiger partial charge on any atom is -0.491 e. The Balaban J connectivity index is 0.00000338. The third-order valence-electron chi connectivity index (χ3n) is 2.85. The second-order valence-corrected chi connectivity index (χ2v) is 6.46. The van der Waals surface area contributed by atoms with Crippen LogP contribution >= 0.6 is 13.5 Å². The highest BCUT2D eigenvalue weighted by atomic mass is 32.2. The first-order valence-corrected chi connectivity index (χ1v) is 8.70. The third kappa shape index (κ3) is 6.57. The zero-order valence-corrected chi connectivity index (χ0v) is 15.6. The molecule has 0 spiro atoms. The molecule has 0 aliphatic heterocycles. The molecule has 0 aliphatic carbocycles. The Labute approximate surface area is 155 Å². The maximum atomic E-state index is 13.8. The van der Waals surface area contributed by atoms with Crippen molar-refractivity contribution in [2.24, 2.45) is 0 Å². The summed E-state index contributed by atoms with van der Waals surface area (Å²) in [4.78, 5) is 12.5. The van der Waals surface area contributed by atoms with Gasteiger partial charge in [-0.1, -0.05) is 0 Å². The predicted molar refractivity (Wildman–Crippen MR) is 91.1 cm³/mol. The average molecular weight is 408 g/mol. The van der Waals surface area contributed by atoms with E-state index in [4.69, 9.17) is 8.92 Å². The first-order chi connectivity index (χ1) is 11.8. The Morgan fingerprint density at radius 3 is 2.65 bits per heavy atom. The van der Waals surface area contributed by atoms with Gasteiger partial charge in [-0.05, 0) is 17.3 Å². The van der Waals surface area contributed by atoms with Gasteiger partial charge < -0.3 is 9.47 Å². The summed E-state index contributed by atoms with van der Waals surface area (Å²) in [5.41, 5.74) is -0.245. The molecule has 0 amide bonds. The number of carbonyl (C=O) groups excluding carboxylic acids is 1. The molecule has 1 aromatic carbocycles. The second kappa shape index (κ2) is 9.45. The zero-order chi connectivity index (χ0) is 18.4. The predicted octanol–water partition coefficient (Wildman–Crippen LogP) is 0.135. The number of hydrogen-bond donors (Lipinski definition) is 0. The Morgan fingerprint density at radius 2 is 2.12 bits per heavy atom. The van der Waals surface area contributed by atoms with E-state index in [2.05, 4.69) is 20.1 Å². The summed E-state index contributed by atoms with van der Waals surface area (Å²) in [6.07, 6.45) is 1.10. The minimum absolute atomic E-state index is 0. The highest BCUT2D eigenvalue weighted by Gasteiger charge is 2.19. The van der Waals surface area contributed by atoms with E-state index < -0.39 is 28.0 Å². The normalized spacial score (nSPS) is 12.1. The summed E-state index contributed by atoms with van der Waals surface area (Å²) in [6.45, 7) is -0.276. The lowest BCUT2D eigenvalue weighted by Gasteiger charge is -2.16. The van der Waals surface area contributed by atoms with Gasteiger partial charge in [0.05, 0.1) is 25.5 Å². The van der Waals surface area contributed by atoms with Gasteiger partial charge in [0, 0.05) is 6.07 Å². The summed E-state index contributed by atoms with van der Waals surface area (Å²) >= 11 is 0. The molecule has 0 radical (unpaired) electrons. The third-order valence-corrected chi connectivity index (χ3v) is 3.47. The SMILES string of the molecule is COC(=O)c1ccc(OC[C@H](Cn2ncnn2)OS(C)(=O)=O)cc1F.S. The van der Waals surface area contributed by atoms with E-state index in [0.717, 1.165) is 24.2 Å². The van der Waals surface area contributed by atoms with Gasteiger partial charge in [-0.3, -0.25) is 4.18 Å². The monoisotopic (exact) mass is 408 g/mol. The largest absolute Gasteiger partial charge is 0.491 e. The molecule has 0 saturated heterocycles. The van der Waals surface area contributed by atoms with E-state index in [-0.39, 0.29) is 38.0 Å². The molecule has 1 atom stereocenters. The van der Waals surface area contributed by atoms with Crippen molar-refractivity contribution in [3.8, 4) is 5.75 Å². The number of ether oxygens (including phenoxy) is 2. The summed E-state index contributed by atoms with van der Waals surface area (Å²) in [5, 5.41) is 10.9. The highest BCUT2D eigenvalue weighted by molar-refractivity contribution is 7.86. The number of methoxy groups -OCH3 is 1. The van der Waals surface area contributed by atoms with Crippen LogP contribution in [0.15, 0.2) is 24.5 Å². The first-order valence-electron chi connectivity index (χ1n) is 6.88. The molecule has 0 N–H and O–H groups in total. The van der Waals surface area contributed by atoms with Crippen molar-refractivity contribution in [3.63, 3.8) is 0 Å². The van der Waals surface area contributed by atoms with E-state index in [1.165, 1.54) is 18.5 Å². The van der Waals surface area contributed by atoms with Crippen molar-refractivity contribution in [3.05, 3.63) is 35.9 Å². The highest BCUT2D eigenvalue weighted by Crippen LogP contribution is 2.18. The van der Waals surface area contributed by atoms with Crippen molar-refractivity contribution in [1.29, 1.82) is 0 Å². The number of hydrogen-bond acceptors (Lipinski definition) is 9. The number of esters is 1. The molecule has 0 aliphatic rings. The van der Waals surface area contributed by atoms with Gasteiger partial charge in [0.15, 0.2) is 6.33 Å². The molecule has 0 bridgehead atoms.